The number of unbranched alkanes of at least 4 members (excludes halogenated alkanes) is 1. The predicted molar refractivity (Wildman–Crippen MR) is 119 cm³/mol. The molecule has 1 aliphatic rings. The van der Waals surface area contributed by atoms with E-state index in [0.717, 1.165) is 29.4 Å². The van der Waals surface area contributed by atoms with Crippen molar-refractivity contribution in [2.45, 2.75) is 59.5 Å². The van der Waals surface area contributed by atoms with Gasteiger partial charge in [-0.3, -0.25) is 0 Å². The maximum absolute atomic E-state index is 12.5. The highest BCUT2D eigenvalue weighted by Crippen LogP contribution is 2.31. The Balaban J connectivity index is 1.69. The van der Waals surface area contributed by atoms with Crippen LogP contribution in [0, 0.1) is 13.8 Å². The van der Waals surface area contributed by atoms with Crippen molar-refractivity contribution in [3.8, 4) is 5.75 Å². The zero-order valence-corrected chi connectivity index (χ0v) is 19.2. The van der Waals surface area contributed by atoms with Gasteiger partial charge in [-0.15, -0.1) is 0 Å². The van der Waals surface area contributed by atoms with Gasteiger partial charge in [0, 0.05) is 23.1 Å². The minimum Gasteiger partial charge on any atom is -0.490 e. The lowest BCUT2D eigenvalue weighted by atomic mass is 9.96. The van der Waals surface area contributed by atoms with Gasteiger partial charge in [0.15, 0.2) is 0 Å². The molecule has 1 aromatic heterocycles. The molecule has 1 fully saturated rings. The molecule has 31 heavy (non-hydrogen) atoms. The maximum atomic E-state index is 12.5. The van der Waals surface area contributed by atoms with Crippen LogP contribution >= 0.6 is 0 Å². The van der Waals surface area contributed by atoms with Gasteiger partial charge in [-0.05, 0) is 43.9 Å². The first-order chi connectivity index (χ1) is 14.8. The van der Waals surface area contributed by atoms with Crippen LogP contribution in [-0.4, -0.2) is 50.0 Å². The Morgan fingerprint density at radius 2 is 2.03 bits per heavy atom. The average molecular weight is 432 g/mol. The molecule has 170 valence electrons. The van der Waals surface area contributed by atoms with E-state index in [-0.39, 0.29) is 23.7 Å². The smallest absolute Gasteiger partial charge is 0.409 e. The Morgan fingerprint density at radius 1 is 1.26 bits per heavy atom. The summed E-state index contributed by atoms with van der Waals surface area (Å²) in [6.45, 7) is 12.0. The quantitative estimate of drug-likeness (QED) is 0.473. The molecule has 1 aliphatic heterocycles. The number of hydrogen-bond donors (Lipinski definition) is 0. The van der Waals surface area contributed by atoms with Crippen LogP contribution in [-0.2, 0) is 9.47 Å². The standard InChI is InChI=1S/C24H33NO6/c1-6-7-11-29-24(27)25-10-12-28-18(13-25)14-30-20-9-8-19-16(4)21(15(2)3)23(26)31-22(19)17(20)5/h8-9,15,18H,6-7,10-14H2,1-5H3. The Kier molecular flexibility index (Phi) is 7.59. The molecular formula is C24H33NO6. The Hall–Kier alpha value is -2.54. The van der Waals surface area contributed by atoms with E-state index in [1.807, 2.05) is 39.8 Å². The summed E-state index contributed by atoms with van der Waals surface area (Å²) in [5.41, 5.74) is 2.69. The third kappa shape index (κ3) is 5.21. The van der Waals surface area contributed by atoms with Crippen LogP contribution in [0.15, 0.2) is 21.3 Å². The van der Waals surface area contributed by atoms with Gasteiger partial charge in [-0.1, -0.05) is 27.2 Å². The van der Waals surface area contributed by atoms with Crippen LogP contribution < -0.4 is 10.4 Å². The Morgan fingerprint density at radius 3 is 2.74 bits per heavy atom. The fourth-order valence-electron chi connectivity index (χ4n) is 3.94. The van der Waals surface area contributed by atoms with Gasteiger partial charge < -0.3 is 23.5 Å². The lowest BCUT2D eigenvalue weighted by molar-refractivity contribution is -0.0452. The number of rotatable bonds is 7. The van der Waals surface area contributed by atoms with Crippen LogP contribution in [0.25, 0.3) is 11.0 Å². The molecule has 1 aromatic carbocycles. The van der Waals surface area contributed by atoms with Gasteiger partial charge in [0.2, 0.25) is 0 Å². The summed E-state index contributed by atoms with van der Waals surface area (Å²) in [5, 5.41) is 0.920. The molecule has 0 spiro atoms. The molecule has 2 heterocycles. The van der Waals surface area contributed by atoms with Crippen molar-refractivity contribution in [1.29, 1.82) is 0 Å². The normalized spacial score (nSPS) is 16.7. The SMILES string of the molecule is CCCCOC(=O)N1CCOC(COc2ccc3c(C)c(C(C)C)c(=O)oc3c2C)C1. The van der Waals surface area contributed by atoms with E-state index < -0.39 is 0 Å². The summed E-state index contributed by atoms with van der Waals surface area (Å²) in [6, 6.07) is 3.83. The van der Waals surface area contributed by atoms with Gasteiger partial charge in [0.25, 0.3) is 0 Å². The van der Waals surface area contributed by atoms with Crippen molar-refractivity contribution < 1.29 is 23.4 Å². The van der Waals surface area contributed by atoms with Crippen LogP contribution in [0.3, 0.4) is 0 Å². The molecule has 0 bridgehead atoms. The van der Waals surface area contributed by atoms with E-state index in [0.29, 0.717) is 49.8 Å². The van der Waals surface area contributed by atoms with Gasteiger partial charge in [0.05, 0.1) is 19.8 Å². The first-order valence-corrected chi connectivity index (χ1v) is 11.1. The number of hydrogen-bond acceptors (Lipinski definition) is 6. The molecule has 7 nitrogen and oxygen atoms in total. The van der Waals surface area contributed by atoms with E-state index >= 15 is 0 Å². The molecule has 2 aromatic rings. The number of ether oxygens (including phenoxy) is 3. The number of carbonyl (C=O) groups excluding carboxylic acids is 1. The van der Waals surface area contributed by atoms with Gasteiger partial charge in [-0.2, -0.15) is 0 Å². The summed E-state index contributed by atoms with van der Waals surface area (Å²) < 4.78 is 22.7. The van der Waals surface area contributed by atoms with Crippen molar-refractivity contribution in [1.82, 2.24) is 4.90 Å². The van der Waals surface area contributed by atoms with Crippen molar-refractivity contribution in [2.24, 2.45) is 0 Å². The van der Waals surface area contributed by atoms with Crippen LogP contribution in [0.4, 0.5) is 4.79 Å². The second-order valence-corrected chi connectivity index (χ2v) is 8.37. The summed E-state index contributed by atoms with van der Waals surface area (Å²) >= 11 is 0. The Bertz CT molecular complexity index is 980. The zero-order chi connectivity index (χ0) is 22.5. The number of amides is 1. The minimum atomic E-state index is -0.304. The highest BCUT2D eigenvalue weighted by molar-refractivity contribution is 5.85. The average Bonchev–Trinajstić information content (AvgIpc) is 2.74. The van der Waals surface area contributed by atoms with Crippen molar-refractivity contribution in [3.05, 3.63) is 39.2 Å². The molecule has 1 amide bonds. The number of morpholine rings is 1. The molecule has 0 aliphatic carbocycles. The van der Waals surface area contributed by atoms with Gasteiger partial charge in [0.1, 0.15) is 24.0 Å². The lowest BCUT2D eigenvalue weighted by Crippen LogP contribution is -2.47. The number of benzene rings is 1. The fraction of sp³-hybridized carbons (Fsp3) is 0.583. The monoisotopic (exact) mass is 431 g/mol. The minimum absolute atomic E-state index is 0.0944. The maximum Gasteiger partial charge on any atom is 0.409 e. The van der Waals surface area contributed by atoms with E-state index in [1.165, 1.54) is 0 Å². The summed E-state index contributed by atoms with van der Waals surface area (Å²) in [5.74, 6) is 0.732. The molecule has 1 saturated heterocycles. The predicted octanol–water partition coefficient (Wildman–Crippen LogP) is 4.55. The molecule has 3 rings (SSSR count). The highest BCUT2D eigenvalue weighted by atomic mass is 16.6. The molecule has 0 saturated carbocycles. The van der Waals surface area contributed by atoms with E-state index in [9.17, 15) is 9.59 Å². The first kappa shape index (κ1) is 23.1. The van der Waals surface area contributed by atoms with Gasteiger partial charge in [-0.25, -0.2) is 9.59 Å². The number of aryl methyl sites for hydroxylation is 2. The van der Waals surface area contributed by atoms with Gasteiger partial charge >= 0.3 is 11.7 Å². The summed E-state index contributed by atoms with van der Waals surface area (Å²) in [7, 11) is 0. The molecular weight excluding hydrogens is 398 g/mol. The fourth-order valence-corrected chi connectivity index (χ4v) is 3.94. The van der Waals surface area contributed by atoms with Crippen molar-refractivity contribution in [2.75, 3.05) is 32.9 Å². The second kappa shape index (κ2) is 10.2. The van der Waals surface area contributed by atoms with Crippen LogP contribution in [0.5, 0.6) is 5.75 Å². The van der Waals surface area contributed by atoms with E-state index in [2.05, 4.69) is 6.92 Å². The lowest BCUT2D eigenvalue weighted by Gasteiger charge is -2.32. The number of nitrogens with zero attached hydrogens (tertiary/aromatic N) is 1. The first-order valence-electron chi connectivity index (χ1n) is 11.1. The number of fused-ring (bicyclic) bond motifs is 1. The molecule has 1 atom stereocenters. The van der Waals surface area contributed by atoms with Crippen LogP contribution in [0.2, 0.25) is 0 Å². The molecule has 0 radical (unpaired) electrons. The highest BCUT2D eigenvalue weighted by Gasteiger charge is 2.26. The van der Waals surface area contributed by atoms with E-state index in [4.69, 9.17) is 18.6 Å². The van der Waals surface area contributed by atoms with E-state index in [1.54, 1.807) is 4.90 Å². The summed E-state index contributed by atoms with van der Waals surface area (Å²) in [4.78, 5) is 26.3. The number of carbonyl (C=O) groups is 1. The largest absolute Gasteiger partial charge is 0.490 e. The molecule has 0 N–H and O–H groups in total. The molecule has 1 unspecified atom stereocenters. The third-order valence-electron chi connectivity index (χ3n) is 5.70. The summed E-state index contributed by atoms with van der Waals surface area (Å²) in [6.07, 6.45) is 1.29. The molecule has 7 heteroatoms. The Labute approximate surface area is 183 Å². The second-order valence-electron chi connectivity index (χ2n) is 8.37. The van der Waals surface area contributed by atoms with Crippen molar-refractivity contribution in [3.63, 3.8) is 0 Å². The van der Waals surface area contributed by atoms with Crippen molar-refractivity contribution >= 4 is 17.1 Å². The topological polar surface area (TPSA) is 78.2 Å². The third-order valence-corrected chi connectivity index (χ3v) is 5.70. The van der Waals surface area contributed by atoms with Crippen LogP contribution in [0.1, 0.15) is 56.2 Å². The zero-order valence-electron chi connectivity index (χ0n) is 19.2.